The standard InChI is InChI=1S/C41H70O13S3/c1-5-17-46-23-25-48-19-8-10-29-55-31-12-21-50-34-41(4,35-51-22-13-32-56-30-11-9-20-49-26-24-47-18-6-2)36-54-39(44)16-33-57-40(45)15-14-38(43)53-28-27-52-37(42)7-3/h5-7H,1-3,8-36H2,4H3. The van der Waals surface area contributed by atoms with Gasteiger partial charge in [0.25, 0.3) is 0 Å². The average molecular weight is 867 g/mol. The van der Waals surface area contributed by atoms with Crippen LogP contribution in [-0.4, -0.2) is 151 Å². The van der Waals surface area contributed by atoms with Gasteiger partial charge < -0.3 is 42.6 Å². The molecule has 0 atom stereocenters. The largest absolute Gasteiger partial charge is 0.465 e. The van der Waals surface area contributed by atoms with E-state index in [2.05, 4.69) is 19.7 Å². The molecule has 0 heterocycles. The number of hydrogen-bond donors (Lipinski definition) is 0. The first kappa shape index (κ1) is 55.1. The second-order valence-corrected chi connectivity index (χ2v) is 16.5. The Labute approximate surface area is 354 Å². The molecule has 13 nitrogen and oxygen atoms in total. The van der Waals surface area contributed by atoms with Crippen LogP contribution in [0, 0.1) is 5.41 Å². The number of carbonyl (C=O) groups excluding carboxylic acids is 4. The van der Waals surface area contributed by atoms with E-state index < -0.39 is 23.3 Å². The predicted octanol–water partition coefficient (Wildman–Crippen LogP) is 6.52. The molecule has 0 spiro atoms. The first-order valence-electron chi connectivity index (χ1n) is 19.9. The van der Waals surface area contributed by atoms with E-state index in [0.717, 1.165) is 92.6 Å². The first-order valence-corrected chi connectivity index (χ1v) is 23.2. The summed E-state index contributed by atoms with van der Waals surface area (Å²) in [5.74, 6) is 2.78. The Morgan fingerprint density at radius 2 is 0.982 bits per heavy atom. The van der Waals surface area contributed by atoms with Crippen molar-refractivity contribution in [2.45, 2.75) is 64.7 Å². The molecule has 0 aromatic carbocycles. The quantitative estimate of drug-likeness (QED) is 0.0215. The van der Waals surface area contributed by atoms with Gasteiger partial charge in [0.1, 0.15) is 19.8 Å². The number of thioether (sulfide) groups is 3. The Morgan fingerprint density at radius 1 is 0.491 bits per heavy atom. The molecule has 0 bridgehead atoms. The van der Waals surface area contributed by atoms with E-state index in [9.17, 15) is 19.2 Å². The van der Waals surface area contributed by atoms with Crippen LogP contribution in [0.2, 0.25) is 0 Å². The lowest BCUT2D eigenvalue weighted by atomic mass is 9.94. The Kier molecular flexibility index (Phi) is 40.8. The Hall–Kier alpha value is -1.89. The van der Waals surface area contributed by atoms with E-state index in [1.54, 1.807) is 12.2 Å². The molecule has 330 valence electrons. The number of hydrogen-bond acceptors (Lipinski definition) is 16. The molecule has 0 saturated heterocycles. The van der Waals surface area contributed by atoms with E-state index >= 15 is 0 Å². The molecule has 16 heteroatoms. The molecular formula is C41H70O13S3. The Balaban J connectivity index is 4.40. The molecule has 0 radical (unpaired) electrons. The molecule has 0 aliphatic rings. The summed E-state index contributed by atoms with van der Waals surface area (Å²) in [6, 6.07) is 0. The van der Waals surface area contributed by atoms with Crippen LogP contribution in [0.5, 0.6) is 0 Å². The van der Waals surface area contributed by atoms with Crippen molar-refractivity contribution in [3.63, 3.8) is 0 Å². The van der Waals surface area contributed by atoms with E-state index in [4.69, 9.17) is 42.6 Å². The van der Waals surface area contributed by atoms with Gasteiger partial charge in [-0.1, -0.05) is 37.4 Å². The molecule has 0 aliphatic heterocycles. The fraction of sp³-hybridized carbons (Fsp3) is 0.756. The van der Waals surface area contributed by atoms with Crippen molar-refractivity contribution in [2.75, 3.05) is 128 Å². The molecule has 0 aliphatic carbocycles. The van der Waals surface area contributed by atoms with Gasteiger partial charge >= 0.3 is 17.9 Å². The first-order chi connectivity index (χ1) is 27.8. The summed E-state index contributed by atoms with van der Waals surface area (Å²) in [5.41, 5.74) is -0.531. The highest BCUT2D eigenvalue weighted by Crippen LogP contribution is 2.20. The van der Waals surface area contributed by atoms with Gasteiger partial charge in [0.15, 0.2) is 5.12 Å². The maximum Gasteiger partial charge on any atom is 0.330 e. The monoisotopic (exact) mass is 866 g/mol. The summed E-state index contributed by atoms with van der Waals surface area (Å²) >= 11 is 4.78. The van der Waals surface area contributed by atoms with Gasteiger partial charge in [-0.2, -0.15) is 23.5 Å². The van der Waals surface area contributed by atoms with Crippen LogP contribution in [0.15, 0.2) is 38.0 Å². The second kappa shape index (κ2) is 42.2. The van der Waals surface area contributed by atoms with E-state index in [1.807, 2.05) is 30.4 Å². The van der Waals surface area contributed by atoms with E-state index in [1.165, 1.54) is 0 Å². The molecule has 0 aromatic heterocycles. The van der Waals surface area contributed by atoms with Gasteiger partial charge in [-0.25, -0.2) is 4.79 Å². The summed E-state index contributed by atoms with van der Waals surface area (Å²) in [4.78, 5) is 47.6. The molecular weight excluding hydrogens is 797 g/mol. The third-order valence-electron chi connectivity index (χ3n) is 7.37. The van der Waals surface area contributed by atoms with Crippen LogP contribution >= 0.6 is 35.3 Å². The van der Waals surface area contributed by atoms with Gasteiger partial charge in [0.2, 0.25) is 0 Å². The maximum atomic E-state index is 12.6. The molecule has 0 fully saturated rings. The normalized spacial score (nSPS) is 11.2. The average Bonchev–Trinajstić information content (AvgIpc) is 3.20. The van der Waals surface area contributed by atoms with E-state index in [-0.39, 0.29) is 50.0 Å². The fourth-order valence-corrected chi connectivity index (χ4v) is 6.97. The molecule has 0 unspecified atom stereocenters. The highest BCUT2D eigenvalue weighted by atomic mass is 32.2. The van der Waals surface area contributed by atoms with Crippen molar-refractivity contribution in [2.24, 2.45) is 5.41 Å². The van der Waals surface area contributed by atoms with Crippen molar-refractivity contribution in [3.8, 4) is 0 Å². The minimum Gasteiger partial charge on any atom is -0.465 e. The summed E-state index contributed by atoms with van der Waals surface area (Å²) in [6.07, 6.45) is 10.5. The number of carbonyl (C=O) groups is 4. The lowest BCUT2D eigenvalue weighted by molar-refractivity contribution is -0.150. The number of ether oxygens (including phenoxy) is 9. The van der Waals surface area contributed by atoms with Crippen molar-refractivity contribution in [3.05, 3.63) is 38.0 Å². The van der Waals surface area contributed by atoms with Gasteiger partial charge in [-0.15, -0.1) is 13.2 Å². The van der Waals surface area contributed by atoms with Gasteiger partial charge in [0.05, 0.1) is 65.7 Å². The summed E-state index contributed by atoms with van der Waals surface area (Å²) in [7, 11) is 0. The molecule has 0 amide bonds. The molecule has 0 rings (SSSR count). The fourth-order valence-electron chi connectivity index (χ4n) is 4.36. The minimum atomic E-state index is -0.609. The van der Waals surface area contributed by atoms with Gasteiger partial charge in [0, 0.05) is 50.1 Å². The topological polar surface area (TPSA) is 151 Å². The SMILES string of the molecule is C=CCOCCOCCCCSCCCOCC(C)(COCCCSCCCCOCCOCC=C)COC(=O)CCSC(=O)CCC(=O)OCCOC(=O)C=C. The van der Waals surface area contributed by atoms with Gasteiger partial charge in [-0.3, -0.25) is 14.4 Å². The van der Waals surface area contributed by atoms with Crippen molar-refractivity contribution in [1.82, 2.24) is 0 Å². The zero-order chi connectivity index (χ0) is 41.9. The Morgan fingerprint density at radius 3 is 1.53 bits per heavy atom. The van der Waals surface area contributed by atoms with Crippen LogP contribution < -0.4 is 0 Å². The Bertz CT molecular complexity index is 1010. The van der Waals surface area contributed by atoms with E-state index in [0.29, 0.717) is 66.1 Å². The summed E-state index contributed by atoms with van der Waals surface area (Å²) in [5, 5.41) is -0.231. The zero-order valence-electron chi connectivity index (χ0n) is 34.4. The predicted molar refractivity (Wildman–Crippen MR) is 230 cm³/mol. The van der Waals surface area contributed by atoms with Crippen LogP contribution in [0.4, 0.5) is 0 Å². The molecule has 0 aromatic rings. The maximum absolute atomic E-state index is 12.6. The van der Waals surface area contributed by atoms with Crippen LogP contribution in [0.1, 0.15) is 64.7 Å². The highest BCUT2D eigenvalue weighted by molar-refractivity contribution is 8.13. The lowest BCUT2D eigenvalue weighted by Crippen LogP contribution is -2.35. The molecule has 0 N–H and O–H groups in total. The highest BCUT2D eigenvalue weighted by Gasteiger charge is 2.28. The third-order valence-corrected chi connectivity index (χ3v) is 10.6. The number of unbranched alkanes of at least 4 members (excludes halogenated alkanes) is 2. The molecule has 0 saturated carbocycles. The zero-order valence-corrected chi connectivity index (χ0v) is 36.8. The van der Waals surface area contributed by atoms with Gasteiger partial charge in [-0.05, 0) is 61.5 Å². The van der Waals surface area contributed by atoms with Crippen LogP contribution in [-0.2, 0) is 61.8 Å². The summed E-state index contributed by atoms with van der Waals surface area (Å²) in [6.45, 7) is 19.4. The summed E-state index contributed by atoms with van der Waals surface area (Å²) < 4.78 is 49.1. The van der Waals surface area contributed by atoms with Crippen LogP contribution in [0.25, 0.3) is 0 Å². The molecule has 57 heavy (non-hydrogen) atoms. The smallest absolute Gasteiger partial charge is 0.330 e. The number of rotatable bonds is 44. The van der Waals surface area contributed by atoms with Crippen molar-refractivity contribution >= 4 is 58.3 Å². The van der Waals surface area contributed by atoms with Crippen molar-refractivity contribution in [1.29, 1.82) is 0 Å². The minimum absolute atomic E-state index is 0.0288. The number of esters is 3. The lowest BCUT2D eigenvalue weighted by Gasteiger charge is -2.28. The van der Waals surface area contributed by atoms with Crippen molar-refractivity contribution < 1.29 is 61.8 Å². The third kappa shape index (κ3) is 40.7. The van der Waals surface area contributed by atoms with Crippen LogP contribution in [0.3, 0.4) is 0 Å². The second-order valence-electron chi connectivity index (χ2n) is 12.9.